The van der Waals surface area contributed by atoms with Crippen LogP contribution < -0.4 is 5.73 Å². The fraction of sp³-hybridized carbons (Fsp3) is 0.714. The lowest BCUT2D eigenvalue weighted by atomic mass is 9.93. The van der Waals surface area contributed by atoms with Gasteiger partial charge in [0.1, 0.15) is 5.76 Å². The van der Waals surface area contributed by atoms with Crippen molar-refractivity contribution in [2.45, 2.75) is 38.4 Å². The standard InChI is InChI=1S/C14H25N3O/c1-14(2)11-16(3)9-12(6-7-15)17(14)10-13-5-4-8-18-13/h4-5,8,12H,6-7,9-11,15H2,1-3H3. The Kier molecular flexibility index (Phi) is 4.10. The molecule has 1 fully saturated rings. The maximum absolute atomic E-state index is 5.76. The van der Waals surface area contributed by atoms with Gasteiger partial charge in [-0.05, 0) is 46.0 Å². The van der Waals surface area contributed by atoms with Crippen LogP contribution in [0.2, 0.25) is 0 Å². The van der Waals surface area contributed by atoms with Gasteiger partial charge in [0, 0.05) is 24.7 Å². The lowest BCUT2D eigenvalue weighted by molar-refractivity contribution is -0.0282. The first kappa shape index (κ1) is 13.6. The van der Waals surface area contributed by atoms with E-state index in [0.717, 1.165) is 38.4 Å². The van der Waals surface area contributed by atoms with E-state index >= 15 is 0 Å². The number of rotatable bonds is 4. The topological polar surface area (TPSA) is 45.6 Å². The third-order valence-corrected chi connectivity index (χ3v) is 3.80. The van der Waals surface area contributed by atoms with Crippen molar-refractivity contribution in [2.75, 3.05) is 26.7 Å². The summed E-state index contributed by atoms with van der Waals surface area (Å²) in [5, 5.41) is 0. The van der Waals surface area contributed by atoms with Crippen molar-refractivity contribution in [1.82, 2.24) is 9.80 Å². The molecule has 2 rings (SSSR count). The molecule has 4 heteroatoms. The van der Waals surface area contributed by atoms with Crippen molar-refractivity contribution in [3.63, 3.8) is 0 Å². The smallest absolute Gasteiger partial charge is 0.117 e. The van der Waals surface area contributed by atoms with Gasteiger partial charge < -0.3 is 15.1 Å². The number of piperazine rings is 1. The highest BCUT2D eigenvalue weighted by atomic mass is 16.3. The molecule has 0 radical (unpaired) electrons. The quantitative estimate of drug-likeness (QED) is 0.881. The van der Waals surface area contributed by atoms with Crippen LogP contribution in [0.1, 0.15) is 26.0 Å². The number of hydrogen-bond acceptors (Lipinski definition) is 4. The highest BCUT2D eigenvalue weighted by Gasteiger charge is 2.38. The summed E-state index contributed by atoms with van der Waals surface area (Å²) in [6, 6.07) is 4.51. The average molecular weight is 251 g/mol. The number of likely N-dealkylation sites (N-methyl/N-ethyl adjacent to an activating group) is 1. The summed E-state index contributed by atoms with van der Waals surface area (Å²) < 4.78 is 5.50. The highest BCUT2D eigenvalue weighted by molar-refractivity contribution is 5.03. The van der Waals surface area contributed by atoms with E-state index < -0.39 is 0 Å². The van der Waals surface area contributed by atoms with E-state index in [4.69, 9.17) is 10.2 Å². The van der Waals surface area contributed by atoms with Crippen molar-refractivity contribution in [1.29, 1.82) is 0 Å². The Morgan fingerprint density at radius 1 is 1.50 bits per heavy atom. The molecule has 102 valence electrons. The molecule has 1 unspecified atom stereocenters. The van der Waals surface area contributed by atoms with Crippen LogP contribution in [0.15, 0.2) is 22.8 Å². The summed E-state index contributed by atoms with van der Waals surface area (Å²) >= 11 is 0. The summed E-state index contributed by atoms with van der Waals surface area (Å²) in [7, 11) is 2.19. The summed E-state index contributed by atoms with van der Waals surface area (Å²) in [6.45, 7) is 8.38. The number of hydrogen-bond donors (Lipinski definition) is 1. The van der Waals surface area contributed by atoms with Crippen LogP contribution in [0.25, 0.3) is 0 Å². The first-order valence-electron chi connectivity index (χ1n) is 6.70. The van der Waals surface area contributed by atoms with Crippen molar-refractivity contribution in [3.8, 4) is 0 Å². The lowest BCUT2D eigenvalue weighted by Crippen LogP contribution is -2.62. The number of furan rings is 1. The second kappa shape index (κ2) is 5.43. The van der Waals surface area contributed by atoms with E-state index in [-0.39, 0.29) is 5.54 Å². The Labute approximate surface area is 110 Å². The average Bonchev–Trinajstić information content (AvgIpc) is 2.75. The molecule has 0 aliphatic carbocycles. The van der Waals surface area contributed by atoms with E-state index in [1.807, 2.05) is 12.1 Å². The zero-order valence-electron chi connectivity index (χ0n) is 11.7. The Morgan fingerprint density at radius 2 is 2.28 bits per heavy atom. The Bertz CT molecular complexity index is 361. The zero-order chi connectivity index (χ0) is 13.2. The molecule has 0 amide bonds. The van der Waals surface area contributed by atoms with E-state index in [1.54, 1.807) is 6.26 Å². The van der Waals surface area contributed by atoms with Crippen molar-refractivity contribution in [3.05, 3.63) is 24.2 Å². The van der Waals surface area contributed by atoms with Crippen LogP contribution in [0.5, 0.6) is 0 Å². The van der Waals surface area contributed by atoms with E-state index in [9.17, 15) is 0 Å². The van der Waals surface area contributed by atoms with Gasteiger partial charge >= 0.3 is 0 Å². The van der Waals surface area contributed by atoms with Crippen LogP contribution in [0, 0.1) is 0 Å². The predicted octanol–water partition coefficient (Wildman–Crippen LogP) is 1.52. The minimum atomic E-state index is 0.152. The monoisotopic (exact) mass is 251 g/mol. The van der Waals surface area contributed by atoms with Crippen molar-refractivity contribution >= 4 is 0 Å². The molecule has 2 heterocycles. The largest absolute Gasteiger partial charge is 0.468 e. The second-order valence-electron chi connectivity index (χ2n) is 5.95. The maximum atomic E-state index is 5.76. The molecule has 1 saturated heterocycles. The van der Waals surface area contributed by atoms with Crippen LogP contribution in [0.3, 0.4) is 0 Å². The van der Waals surface area contributed by atoms with Crippen LogP contribution in [-0.2, 0) is 6.54 Å². The van der Waals surface area contributed by atoms with Gasteiger partial charge in [-0.1, -0.05) is 0 Å². The second-order valence-corrected chi connectivity index (χ2v) is 5.95. The van der Waals surface area contributed by atoms with Gasteiger partial charge in [0.2, 0.25) is 0 Å². The van der Waals surface area contributed by atoms with Crippen LogP contribution >= 0.6 is 0 Å². The first-order valence-corrected chi connectivity index (χ1v) is 6.70. The Morgan fingerprint density at radius 3 is 2.89 bits per heavy atom. The minimum Gasteiger partial charge on any atom is -0.468 e. The van der Waals surface area contributed by atoms with Crippen LogP contribution in [-0.4, -0.2) is 48.1 Å². The molecule has 0 spiro atoms. The fourth-order valence-electron chi connectivity index (χ4n) is 3.12. The third kappa shape index (κ3) is 2.94. The molecule has 1 atom stereocenters. The molecule has 4 nitrogen and oxygen atoms in total. The van der Waals surface area contributed by atoms with Gasteiger partial charge in [0.25, 0.3) is 0 Å². The molecule has 0 saturated carbocycles. The van der Waals surface area contributed by atoms with Gasteiger partial charge in [0.05, 0.1) is 12.8 Å². The molecule has 1 aromatic rings. The normalized spacial score (nSPS) is 25.4. The highest BCUT2D eigenvalue weighted by Crippen LogP contribution is 2.28. The van der Waals surface area contributed by atoms with Gasteiger partial charge in [-0.25, -0.2) is 0 Å². The molecule has 1 aliphatic rings. The van der Waals surface area contributed by atoms with E-state index in [0.29, 0.717) is 6.04 Å². The molecule has 1 aliphatic heterocycles. The number of nitrogens with zero attached hydrogens (tertiary/aromatic N) is 2. The zero-order valence-corrected chi connectivity index (χ0v) is 11.7. The van der Waals surface area contributed by atoms with Gasteiger partial charge in [0.15, 0.2) is 0 Å². The molecule has 0 bridgehead atoms. The van der Waals surface area contributed by atoms with E-state index in [1.165, 1.54) is 0 Å². The third-order valence-electron chi connectivity index (χ3n) is 3.80. The molecule has 18 heavy (non-hydrogen) atoms. The van der Waals surface area contributed by atoms with Gasteiger partial charge in [-0.3, -0.25) is 4.90 Å². The lowest BCUT2D eigenvalue weighted by Gasteiger charge is -2.51. The molecular weight excluding hydrogens is 226 g/mol. The molecular formula is C14H25N3O. The molecule has 2 N–H and O–H groups in total. The summed E-state index contributed by atoms with van der Waals surface area (Å²) in [5.74, 6) is 1.04. The summed E-state index contributed by atoms with van der Waals surface area (Å²) in [4.78, 5) is 4.94. The fourth-order valence-corrected chi connectivity index (χ4v) is 3.12. The number of nitrogens with two attached hydrogens (primary N) is 1. The van der Waals surface area contributed by atoms with Gasteiger partial charge in [-0.15, -0.1) is 0 Å². The molecule has 0 aromatic carbocycles. The Balaban J connectivity index is 2.15. The van der Waals surface area contributed by atoms with E-state index in [2.05, 4.69) is 30.7 Å². The predicted molar refractivity (Wildman–Crippen MR) is 73.3 cm³/mol. The minimum absolute atomic E-state index is 0.152. The Hall–Kier alpha value is -0.840. The van der Waals surface area contributed by atoms with Crippen LogP contribution in [0.4, 0.5) is 0 Å². The van der Waals surface area contributed by atoms with Crippen molar-refractivity contribution in [2.24, 2.45) is 5.73 Å². The van der Waals surface area contributed by atoms with Gasteiger partial charge in [-0.2, -0.15) is 0 Å². The SMILES string of the molecule is CN1CC(CCN)N(Cc2ccco2)C(C)(C)C1. The molecule has 1 aromatic heterocycles. The summed E-state index contributed by atoms with van der Waals surface area (Å²) in [5.41, 5.74) is 5.91. The summed E-state index contributed by atoms with van der Waals surface area (Å²) in [6.07, 6.45) is 2.78. The maximum Gasteiger partial charge on any atom is 0.117 e. The van der Waals surface area contributed by atoms with Crippen molar-refractivity contribution < 1.29 is 4.42 Å². The first-order chi connectivity index (χ1) is 8.53.